The second-order valence-corrected chi connectivity index (χ2v) is 12.1. The van der Waals surface area contributed by atoms with Gasteiger partial charge in [0.15, 0.2) is 9.84 Å². The number of hydrogen-bond acceptors (Lipinski definition) is 8. The third-order valence-corrected chi connectivity index (χ3v) is 9.39. The zero-order valence-electron chi connectivity index (χ0n) is 22.6. The highest BCUT2D eigenvalue weighted by Gasteiger charge is 2.31. The molecular formula is C26H44N4O5S. The normalized spacial score (nSPS) is 21.9. The number of hydrogen-bond donors (Lipinski definition) is 1. The summed E-state index contributed by atoms with van der Waals surface area (Å²) >= 11 is 0. The van der Waals surface area contributed by atoms with Gasteiger partial charge in [0, 0.05) is 51.9 Å². The fourth-order valence-corrected chi connectivity index (χ4v) is 7.07. The van der Waals surface area contributed by atoms with E-state index in [1.807, 2.05) is 11.9 Å². The number of nitrogens with one attached hydrogen (secondary N) is 1. The Morgan fingerprint density at radius 1 is 1.14 bits per heavy atom. The molecule has 1 saturated heterocycles. The lowest BCUT2D eigenvalue weighted by molar-refractivity contribution is -0.137. The average molecular weight is 525 g/mol. The third-order valence-electron chi connectivity index (χ3n) is 7.54. The van der Waals surface area contributed by atoms with E-state index in [2.05, 4.69) is 22.2 Å². The van der Waals surface area contributed by atoms with E-state index >= 15 is 0 Å². The molecule has 1 saturated carbocycles. The fourth-order valence-electron chi connectivity index (χ4n) is 5.42. The highest BCUT2D eigenvalue weighted by Crippen LogP contribution is 2.27. The van der Waals surface area contributed by atoms with Gasteiger partial charge >= 0.3 is 0 Å². The van der Waals surface area contributed by atoms with Crippen LogP contribution < -0.4 is 10.1 Å². The molecule has 1 amide bonds. The Hall–Kier alpha value is -1.72. The Morgan fingerprint density at radius 3 is 2.44 bits per heavy atom. The van der Waals surface area contributed by atoms with Crippen molar-refractivity contribution in [3.63, 3.8) is 0 Å². The smallest absolute Gasteiger partial charge is 0.248 e. The van der Waals surface area contributed by atoms with Crippen LogP contribution in [0.2, 0.25) is 0 Å². The Morgan fingerprint density at radius 2 is 1.81 bits per heavy atom. The first kappa shape index (κ1) is 28.8. The van der Waals surface area contributed by atoms with Crippen LogP contribution in [0.1, 0.15) is 36.8 Å². The fraction of sp³-hybridized carbons (Fsp3) is 0.731. The number of sulfone groups is 1. The van der Waals surface area contributed by atoms with Crippen molar-refractivity contribution in [2.75, 3.05) is 73.0 Å². The van der Waals surface area contributed by atoms with Crippen LogP contribution >= 0.6 is 0 Å². The first-order valence-corrected chi connectivity index (χ1v) is 14.6. The minimum atomic E-state index is -3.50. The standard InChI is InChI=1S/C26H44N4O5S/c1-20-15-24(34-5)16-21(2)26(20)36(32,33)19-27-9-14-35-18-25(31)29(4)22-7-6-8-23(17-22)30-12-10-28(3)11-13-30/h15-16,22-23,27H,6-14,17-19H2,1-5H3/t22-,23+/m1/s1. The number of piperazine rings is 1. The molecule has 1 aliphatic heterocycles. The summed E-state index contributed by atoms with van der Waals surface area (Å²) in [5, 5.41) is 2.94. The first-order chi connectivity index (χ1) is 17.1. The van der Waals surface area contributed by atoms with Crippen LogP contribution in [0, 0.1) is 13.8 Å². The topological polar surface area (TPSA) is 91.4 Å². The predicted molar refractivity (Wildman–Crippen MR) is 141 cm³/mol. The number of likely N-dealkylation sites (N-methyl/N-ethyl adjacent to an activating group) is 2. The second-order valence-electron chi connectivity index (χ2n) is 10.2. The monoisotopic (exact) mass is 524 g/mol. The van der Waals surface area contributed by atoms with Crippen LogP contribution in [0.25, 0.3) is 0 Å². The zero-order valence-corrected chi connectivity index (χ0v) is 23.4. The van der Waals surface area contributed by atoms with Gasteiger partial charge in [-0.3, -0.25) is 9.69 Å². The Kier molecular flexibility index (Phi) is 10.6. The van der Waals surface area contributed by atoms with E-state index in [0.29, 0.717) is 34.4 Å². The Labute approximate surface area is 217 Å². The van der Waals surface area contributed by atoms with E-state index in [0.717, 1.165) is 45.4 Å². The molecular weight excluding hydrogens is 480 g/mol. The van der Waals surface area contributed by atoms with Crippen molar-refractivity contribution < 1.29 is 22.7 Å². The number of amides is 1. The van der Waals surface area contributed by atoms with Gasteiger partial charge in [0.1, 0.15) is 18.2 Å². The van der Waals surface area contributed by atoms with Gasteiger partial charge in [0.05, 0.1) is 18.6 Å². The van der Waals surface area contributed by atoms with Gasteiger partial charge in [-0.1, -0.05) is 0 Å². The highest BCUT2D eigenvalue weighted by atomic mass is 32.2. The summed E-state index contributed by atoms with van der Waals surface area (Å²) < 4.78 is 36.4. The summed E-state index contributed by atoms with van der Waals surface area (Å²) in [6.07, 6.45) is 4.42. The van der Waals surface area contributed by atoms with Crippen LogP contribution in [0.4, 0.5) is 0 Å². The Balaban J connectivity index is 1.38. The van der Waals surface area contributed by atoms with Crippen molar-refractivity contribution in [2.45, 2.75) is 56.5 Å². The molecule has 1 aromatic carbocycles. The minimum Gasteiger partial charge on any atom is -0.497 e. The molecule has 0 unspecified atom stereocenters. The summed E-state index contributed by atoms with van der Waals surface area (Å²) in [6, 6.07) is 4.26. The van der Waals surface area contributed by atoms with Crippen LogP contribution in [0.5, 0.6) is 5.75 Å². The molecule has 0 spiro atoms. The third kappa shape index (κ3) is 7.64. The Bertz CT molecular complexity index is 956. The largest absolute Gasteiger partial charge is 0.497 e. The van der Waals surface area contributed by atoms with Crippen LogP contribution in [-0.4, -0.2) is 114 Å². The van der Waals surface area contributed by atoms with Crippen LogP contribution in [0.3, 0.4) is 0 Å². The molecule has 2 aliphatic rings. The average Bonchev–Trinajstić information content (AvgIpc) is 2.85. The van der Waals surface area contributed by atoms with E-state index in [1.54, 1.807) is 33.1 Å². The van der Waals surface area contributed by atoms with Crippen molar-refractivity contribution in [3.8, 4) is 5.75 Å². The van der Waals surface area contributed by atoms with Gasteiger partial charge in [0.2, 0.25) is 5.91 Å². The summed E-state index contributed by atoms with van der Waals surface area (Å²) in [4.78, 5) is 19.9. The van der Waals surface area contributed by atoms with Crippen molar-refractivity contribution in [1.29, 1.82) is 0 Å². The molecule has 0 radical (unpaired) electrons. The summed E-state index contributed by atoms with van der Waals surface area (Å²) in [6.45, 7) is 8.60. The molecule has 2 fully saturated rings. The van der Waals surface area contributed by atoms with Crippen LogP contribution in [0.15, 0.2) is 17.0 Å². The molecule has 3 rings (SSSR count). The van der Waals surface area contributed by atoms with E-state index in [1.165, 1.54) is 6.42 Å². The van der Waals surface area contributed by atoms with Gasteiger partial charge in [-0.25, -0.2) is 8.42 Å². The number of carbonyl (C=O) groups is 1. The quantitative estimate of drug-likeness (QED) is 0.437. The van der Waals surface area contributed by atoms with Crippen molar-refractivity contribution in [1.82, 2.24) is 20.0 Å². The molecule has 1 N–H and O–H groups in total. The molecule has 1 aromatic rings. The number of rotatable bonds is 11. The lowest BCUT2D eigenvalue weighted by Gasteiger charge is -2.43. The maximum absolute atomic E-state index is 12.8. The lowest BCUT2D eigenvalue weighted by Crippen LogP contribution is -2.52. The van der Waals surface area contributed by atoms with Crippen molar-refractivity contribution >= 4 is 15.7 Å². The molecule has 9 nitrogen and oxygen atoms in total. The number of aryl methyl sites for hydroxylation is 2. The van der Waals surface area contributed by atoms with Crippen molar-refractivity contribution in [3.05, 3.63) is 23.3 Å². The molecule has 204 valence electrons. The van der Waals surface area contributed by atoms with E-state index in [9.17, 15) is 13.2 Å². The molecule has 36 heavy (non-hydrogen) atoms. The van der Waals surface area contributed by atoms with E-state index < -0.39 is 9.84 Å². The number of methoxy groups -OCH3 is 1. The minimum absolute atomic E-state index is 0.0112. The SMILES string of the molecule is COc1cc(C)c(S(=O)(=O)CNCCOCC(=O)N(C)[C@@H]2CCC[C@H](N3CCN(C)CC3)C2)c(C)c1. The summed E-state index contributed by atoms with van der Waals surface area (Å²) in [7, 11) is 2.12. The predicted octanol–water partition coefficient (Wildman–Crippen LogP) is 1.67. The van der Waals surface area contributed by atoms with E-state index in [-0.39, 0.29) is 31.0 Å². The van der Waals surface area contributed by atoms with Crippen LogP contribution in [-0.2, 0) is 19.4 Å². The molecule has 1 heterocycles. The van der Waals surface area contributed by atoms with Gasteiger partial charge in [-0.05, 0) is 69.8 Å². The summed E-state index contributed by atoms with van der Waals surface area (Å²) in [5.41, 5.74) is 1.33. The van der Waals surface area contributed by atoms with Gasteiger partial charge < -0.3 is 24.6 Å². The van der Waals surface area contributed by atoms with Gasteiger partial charge in [0.25, 0.3) is 0 Å². The van der Waals surface area contributed by atoms with E-state index in [4.69, 9.17) is 9.47 Å². The number of nitrogens with zero attached hydrogens (tertiary/aromatic N) is 3. The maximum atomic E-state index is 12.8. The molecule has 0 aromatic heterocycles. The molecule has 10 heteroatoms. The molecule has 1 aliphatic carbocycles. The number of carbonyl (C=O) groups excluding carboxylic acids is 1. The second kappa shape index (κ2) is 13.2. The number of benzene rings is 1. The maximum Gasteiger partial charge on any atom is 0.248 e. The number of ether oxygens (including phenoxy) is 2. The molecule has 0 bridgehead atoms. The summed E-state index contributed by atoms with van der Waals surface area (Å²) in [5.74, 6) is 0.438. The van der Waals surface area contributed by atoms with Crippen molar-refractivity contribution in [2.24, 2.45) is 0 Å². The highest BCUT2D eigenvalue weighted by molar-refractivity contribution is 7.91. The van der Waals surface area contributed by atoms with Gasteiger partial charge in [-0.15, -0.1) is 0 Å². The zero-order chi connectivity index (χ0) is 26.3. The molecule has 2 atom stereocenters. The first-order valence-electron chi connectivity index (χ1n) is 13.0. The van der Waals surface area contributed by atoms with Gasteiger partial charge in [-0.2, -0.15) is 0 Å². The lowest BCUT2D eigenvalue weighted by atomic mass is 9.88.